The molecule has 120 valence electrons. The molecule has 0 spiro atoms. The maximum Gasteiger partial charge on any atom is 0.292 e. The van der Waals surface area contributed by atoms with E-state index in [0.29, 0.717) is 11.6 Å². The van der Waals surface area contributed by atoms with Crippen LogP contribution < -0.4 is 9.47 Å². The number of hydrogen-bond donors (Lipinski definition) is 0. The van der Waals surface area contributed by atoms with Crippen molar-refractivity contribution in [2.24, 2.45) is 5.16 Å². The highest BCUT2D eigenvalue weighted by Gasteiger charge is 2.41. The van der Waals surface area contributed by atoms with E-state index in [1.165, 1.54) is 7.11 Å². The summed E-state index contributed by atoms with van der Waals surface area (Å²) in [5.74, 6) is 0.989. The predicted molar refractivity (Wildman–Crippen MR) is 88.0 cm³/mol. The summed E-state index contributed by atoms with van der Waals surface area (Å²) in [4.78, 5) is 9.11. The van der Waals surface area contributed by atoms with Gasteiger partial charge in [0.1, 0.15) is 12.8 Å². The molecule has 0 amide bonds. The minimum absolute atomic E-state index is 0.358. The van der Waals surface area contributed by atoms with Crippen LogP contribution in [-0.4, -0.2) is 18.3 Å². The number of fused-ring (bicyclic) bond motifs is 1. The Kier molecular flexibility index (Phi) is 3.94. The zero-order valence-corrected chi connectivity index (χ0v) is 13.7. The lowest BCUT2D eigenvalue weighted by molar-refractivity contribution is -0.0721. The summed E-state index contributed by atoms with van der Waals surface area (Å²) in [5.41, 5.74) is 2.69. The van der Waals surface area contributed by atoms with Crippen LogP contribution in [-0.2, 0) is 10.6 Å². The van der Waals surface area contributed by atoms with Gasteiger partial charge in [0, 0.05) is 24.2 Å². The molecule has 3 rings (SSSR count). The molecule has 0 bridgehead atoms. The summed E-state index contributed by atoms with van der Waals surface area (Å²) < 4.78 is 12.2. The first-order chi connectivity index (χ1) is 11.0. The average molecular weight is 312 g/mol. The Labute approximate surface area is 135 Å². The van der Waals surface area contributed by atoms with Crippen LogP contribution in [0.2, 0.25) is 0 Å². The molecule has 0 saturated carbocycles. The van der Waals surface area contributed by atoms with Crippen molar-refractivity contribution in [2.45, 2.75) is 32.5 Å². The van der Waals surface area contributed by atoms with Crippen LogP contribution in [0.15, 0.2) is 41.7 Å². The van der Waals surface area contributed by atoms with Gasteiger partial charge in [-0.2, -0.15) is 0 Å². The summed E-state index contributed by atoms with van der Waals surface area (Å²) in [7, 11) is 1.50. The number of pyridine rings is 1. The molecule has 0 unspecified atom stereocenters. The number of nitrogens with zero attached hydrogens (tertiary/aromatic N) is 2. The molecule has 2 aromatic rings. The molecule has 1 aromatic carbocycles. The number of benzene rings is 1. The van der Waals surface area contributed by atoms with Crippen molar-refractivity contribution in [1.82, 2.24) is 4.98 Å². The van der Waals surface area contributed by atoms with Crippen molar-refractivity contribution in [3.8, 4) is 11.5 Å². The third-order valence-corrected chi connectivity index (χ3v) is 3.79. The SMILES string of the molecule is CO/N=C/c1ccc([C@@]2(C)Oc3cccc(C(C)C)c3O2)nc1. The number of para-hydroxylation sites is 1. The van der Waals surface area contributed by atoms with Gasteiger partial charge >= 0.3 is 0 Å². The summed E-state index contributed by atoms with van der Waals surface area (Å²) in [6, 6.07) is 9.75. The lowest BCUT2D eigenvalue weighted by Crippen LogP contribution is -2.32. The van der Waals surface area contributed by atoms with Crippen molar-refractivity contribution >= 4 is 6.21 Å². The van der Waals surface area contributed by atoms with Gasteiger partial charge in [-0.25, -0.2) is 0 Å². The third-order valence-electron chi connectivity index (χ3n) is 3.79. The molecule has 1 aliphatic heterocycles. The smallest absolute Gasteiger partial charge is 0.292 e. The summed E-state index contributed by atoms with van der Waals surface area (Å²) in [5, 5.41) is 3.72. The van der Waals surface area contributed by atoms with Crippen LogP contribution in [0.25, 0.3) is 0 Å². The zero-order chi connectivity index (χ0) is 16.4. The predicted octanol–water partition coefficient (Wildman–Crippen LogP) is 3.83. The molecule has 2 heterocycles. The Hall–Kier alpha value is -2.56. The Bertz CT molecular complexity index is 726. The third kappa shape index (κ3) is 2.86. The van der Waals surface area contributed by atoms with Crippen LogP contribution in [0.5, 0.6) is 11.5 Å². The van der Waals surface area contributed by atoms with E-state index >= 15 is 0 Å². The fraction of sp³-hybridized carbons (Fsp3) is 0.333. The molecule has 1 aromatic heterocycles. The lowest BCUT2D eigenvalue weighted by atomic mass is 10.0. The average Bonchev–Trinajstić information content (AvgIpc) is 2.90. The molecular weight excluding hydrogens is 292 g/mol. The van der Waals surface area contributed by atoms with Crippen LogP contribution in [0.3, 0.4) is 0 Å². The Morgan fingerprint density at radius 3 is 2.70 bits per heavy atom. The van der Waals surface area contributed by atoms with Gasteiger partial charge in [-0.3, -0.25) is 4.98 Å². The first-order valence-electron chi connectivity index (χ1n) is 7.57. The van der Waals surface area contributed by atoms with Crippen molar-refractivity contribution < 1.29 is 14.3 Å². The van der Waals surface area contributed by atoms with Gasteiger partial charge in [0.2, 0.25) is 0 Å². The first kappa shape index (κ1) is 15.3. The van der Waals surface area contributed by atoms with Gasteiger partial charge in [0.05, 0.1) is 6.21 Å². The molecular formula is C18H20N2O3. The second kappa shape index (κ2) is 5.91. The van der Waals surface area contributed by atoms with E-state index < -0.39 is 5.79 Å². The molecule has 23 heavy (non-hydrogen) atoms. The van der Waals surface area contributed by atoms with Crippen molar-refractivity contribution in [1.29, 1.82) is 0 Å². The minimum Gasteiger partial charge on any atom is -0.443 e. The van der Waals surface area contributed by atoms with Gasteiger partial charge in [-0.05, 0) is 24.1 Å². The largest absolute Gasteiger partial charge is 0.443 e. The van der Waals surface area contributed by atoms with Gasteiger partial charge in [-0.15, -0.1) is 0 Å². The monoisotopic (exact) mass is 312 g/mol. The van der Waals surface area contributed by atoms with Crippen LogP contribution in [0, 0.1) is 0 Å². The molecule has 0 radical (unpaired) electrons. The molecule has 0 saturated heterocycles. The van der Waals surface area contributed by atoms with E-state index in [1.807, 2.05) is 31.2 Å². The summed E-state index contributed by atoms with van der Waals surface area (Å²) in [6.07, 6.45) is 3.31. The van der Waals surface area contributed by atoms with E-state index in [-0.39, 0.29) is 0 Å². The van der Waals surface area contributed by atoms with E-state index in [1.54, 1.807) is 12.4 Å². The number of aromatic nitrogens is 1. The van der Waals surface area contributed by atoms with E-state index in [9.17, 15) is 0 Å². The fourth-order valence-corrected chi connectivity index (χ4v) is 2.57. The van der Waals surface area contributed by atoms with Gasteiger partial charge in [0.15, 0.2) is 11.5 Å². The van der Waals surface area contributed by atoms with E-state index in [2.05, 4.69) is 34.9 Å². The van der Waals surface area contributed by atoms with E-state index in [0.717, 1.165) is 22.6 Å². The quantitative estimate of drug-likeness (QED) is 0.636. The van der Waals surface area contributed by atoms with Crippen molar-refractivity contribution in [2.75, 3.05) is 7.11 Å². The van der Waals surface area contributed by atoms with Gasteiger partial charge < -0.3 is 14.3 Å². The van der Waals surface area contributed by atoms with Crippen LogP contribution >= 0.6 is 0 Å². The number of oxime groups is 1. The maximum atomic E-state index is 6.15. The van der Waals surface area contributed by atoms with Gasteiger partial charge in [0.25, 0.3) is 5.79 Å². The molecule has 5 nitrogen and oxygen atoms in total. The molecule has 0 fully saturated rings. The molecule has 0 N–H and O–H groups in total. The van der Waals surface area contributed by atoms with Crippen LogP contribution in [0.1, 0.15) is 43.5 Å². The number of hydrogen-bond acceptors (Lipinski definition) is 5. The molecule has 5 heteroatoms. The van der Waals surface area contributed by atoms with Crippen molar-refractivity contribution in [3.63, 3.8) is 0 Å². The van der Waals surface area contributed by atoms with Crippen molar-refractivity contribution in [3.05, 3.63) is 53.3 Å². The highest BCUT2D eigenvalue weighted by Crippen LogP contribution is 2.47. The zero-order valence-electron chi connectivity index (χ0n) is 13.7. The number of ether oxygens (including phenoxy) is 2. The topological polar surface area (TPSA) is 52.9 Å². The molecule has 1 aliphatic rings. The Balaban J connectivity index is 1.89. The maximum absolute atomic E-state index is 6.15. The Morgan fingerprint density at radius 1 is 1.22 bits per heavy atom. The number of rotatable bonds is 4. The molecule has 1 atom stereocenters. The normalized spacial score (nSPS) is 19.5. The lowest BCUT2D eigenvalue weighted by Gasteiger charge is -2.22. The summed E-state index contributed by atoms with van der Waals surface area (Å²) in [6.45, 7) is 6.15. The highest BCUT2D eigenvalue weighted by atomic mass is 16.7. The summed E-state index contributed by atoms with van der Waals surface area (Å²) >= 11 is 0. The highest BCUT2D eigenvalue weighted by molar-refractivity contribution is 5.78. The fourth-order valence-electron chi connectivity index (χ4n) is 2.57. The molecule has 0 aliphatic carbocycles. The first-order valence-corrected chi connectivity index (χ1v) is 7.57. The second-order valence-corrected chi connectivity index (χ2v) is 5.87. The minimum atomic E-state index is -0.926. The van der Waals surface area contributed by atoms with Gasteiger partial charge in [-0.1, -0.05) is 31.1 Å². The second-order valence-electron chi connectivity index (χ2n) is 5.87. The standard InChI is InChI=1S/C18H20N2O3/c1-12(2)14-6-5-7-15-17(14)23-18(3,22-15)16-9-8-13(10-19-16)11-20-21-4/h5-12H,1-4H3/b20-11+/t18-/m0/s1. The van der Waals surface area contributed by atoms with Crippen LogP contribution in [0.4, 0.5) is 0 Å². The van der Waals surface area contributed by atoms with E-state index in [4.69, 9.17) is 9.47 Å². The Morgan fingerprint density at radius 2 is 2.04 bits per heavy atom.